The molecular formula is C18H22N4O6. The van der Waals surface area contributed by atoms with Crippen molar-refractivity contribution in [2.24, 2.45) is 0 Å². The molecule has 1 aromatic rings. The average Bonchev–Trinajstić information content (AvgIpc) is 2.92. The molecule has 0 spiro atoms. The molecule has 1 saturated heterocycles. The highest BCUT2D eigenvalue weighted by molar-refractivity contribution is 6.01. The fraction of sp³-hybridized carbons (Fsp3) is 0.389. The van der Waals surface area contributed by atoms with Gasteiger partial charge in [0.2, 0.25) is 12.0 Å². The Kier molecular flexibility index (Phi) is 7.08. The average molecular weight is 390 g/mol. The number of hydrogen-bond acceptors (Lipinski definition) is 6. The Labute approximate surface area is 161 Å². The number of nitrogens with zero attached hydrogens (tertiary/aromatic N) is 2. The number of rotatable bonds is 7. The van der Waals surface area contributed by atoms with Crippen molar-refractivity contribution in [3.63, 3.8) is 0 Å². The van der Waals surface area contributed by atoms with Crippen molar-refractivity contribution in [1.82, 2.24) is 20.4 Å². The van der Waals surface area contributed by atoms with Gasteiger partial charge in [0, 0.05) is 32.6 Å². The van der Waals surface area contributed by atoms with Crippen LogP contribution in [0.2, 0.25) is 0 Å². The van der Waals surface area contributed by atoms with Crippen molar-refractivity contribution in [3.05, 3.63) is 35.9 Å². The third-order valence-corrected chi connectivity index (χ3v) is 4.05. The van der Waals surface area contributed by atoms with Gasteiger partial charge in [0.15, 0.2) is 0 Å². The van der Waals surface area contributed by atoms with E-state index in [0.717, 1.165) is 4.90 Å². The highest BCUT2D eigenvalue weighted by Gasteiger charge is 2.33. The number of hydrogen-bond donors (Lipinski definition) is 2. The van der Waals surface area contributed by atoms with E-state index < -0.39 is 30.0 Å². The van der Waals surface area contributed by atoms with Gasteiger partial charge in [-0.25, -0.2) is 9.59 Å². The zero-order valence-corrected chi connectivity index (χ0v) is 15.6. The van der Waals surface area contributed by atoms with Gasteiger partial charge >= 0.3 is 18.0 Å². The van der Waals surface area contributed by atoms with Gasteiger partial charge in [-0.2, -0.15) is 0 Å². The topological polar surface area (TPSA) is 125 Å². The normalized spacial score (nSPS) is 14.6. The van der Waals surface area contributed by atoms with E-state index in [2.05, 4.69) is 10.6 Å². The minimum Gasteiger partial charge on any atom is -0.447 e. The summed E-state index contributed by atoms with van der Waals surface area (Å²) >= 11 is 0. The summed E-state index contributed by atoms with van der Waals surface area (Å²) in [6.07, 6.45) is -1.20. The summed E-state index contributed by atoms with van der Waals surface area (Å²) in [5.74, 6) is -1.80. The molecule has 0 aromatic heterocycles. The first kappa shape index (κ1) is 20.9. The quantitative estimate of drug-likeness (QED) is 0.513. The first-order valence-electron chi connectivity index (χ1n) is 8.66. The van der Waals surface area contributed by atoms with Crippen LogP contribution in [0.5, 0.6) is 0 Å². The largest absolute Gasteiger partial charge is 0.447 e. The van der Waals surface area contributed by atoms with Crippen LogP contribution >= 0.6 is 0 Å². The van der Waals surface area contributed by atoms with Crippen LogP contribution in [0.25, 0.3) is 0 Å². The Morgan fingerprint density at radius 1 is 1.18 bits per heavy atom. The number of likely N-dealkylation sites (N-methyl/N-ethyl adjacent to an activating group) is 1. The lowest BCUT2D eigenvalue weighted by Gasteiger charge is -2.18. The number of amides is 6. The van der Waals surface area contributed by atoms with E-state index in [-0.39, 0.29) is 31.8 Å². The fourth-order valence-electron chi connectivity index (χ4n) is 2.60. The van der Waals surface area contributed by atoms with Gasteiger partial charge in [-0.05, 0) is 6.42 Å². The number of ether oxygens (including phenoxy) is 1. The van der Waals surface area contributed by atoms with Crippen molar-refractivity contribution in [1.29, 1.82) is 0 Å². The van der Waals surface area contributed by atoms with Gasteiger partial charge < -0.3 is 15.0 Å². The highest BCUT2D eigenvalue weighted by Crippen LogP contribution is 2.19. The monoisotopic (exact) mass is 390 g/mol. The Morgan fingerprint density at radius 3 is 2.43 bits per heavy atom. The van der Waals surface area contributed by atoms with Crippen LogP contribution in [0.4, 0.5) is 9.59 Å². The fourth-order valence-corrected chi connectivity index (χ4v) is 2.60. The Bertz CT molecular complexity index is 767. The zero-order chi connectivity index (χ0) is 20.7. The van der Waals surface area contributed by atoms with Crippen LogP contribution in [-0.2, 0) is 19.1 Å². The maximum absolute atomic E-state index is 12.3. The summed E-state index contributed by atoms with van der Waals surface area (Å²) in [5.41, 5.74) is 0.406. The lowest BCUT2D eigenvalue weighted by molar-refractivity contribution is -0.156. The van der Waals surface area contributed by atoms with Gasteiger partial charge in [0.1, 0.15) is 6.54 Å². The molecule has 0 aliphatic carbocycles. The summed E-state index contributed by atoms with van der Waals surface area (Å²) in [7, 11) is 2.87. The van der Waals surface area contributed by atoms with Crippen molar-refractivity contribution >= 4 is 29.8 Å². The molecule has 0 bridgehead atoms. The van der Waals surface area contributed by atoms with Gasteiger partial charge in [-0.3, -0.25) is 24.6 Å². The number of urea groups is 2. The number of nitrogens with one attached hydrogen (secondary N) is 2. The smallest absolute Gasteiger partial charge is 0.326 e. The van der Waals surface area contributed by atoms with Crippen LogP contribution in [0.3, 0.4) is 0 Å². The summed E-state index contributed by atoms with van der Waals surface area (Å²) < 4.78 is 5.25. The van der Waals surface area contributed by atoms with Crippen molar-refractivity contribution < 1.29 is 28.7 Å². The van der Waals surface area contributed by atoms with E-state index in [1.807, 2.05) is 0 Å². The minimum atomic E-state index is -1.30. The summed E-state index contributed by atoms with van der Waals surface area (Å²) in [6, 6.07) is 7.13. The second kappa shape index (κ2) is 9.49. The van der Waals surface area contributed by atoms with Crippen molar-refractivity contribution in [2.45, 2.75) is 18.9 Å². The first-order valence-corrected chi connectivity index (χ1v) is 8.66. The van der Waals surface area contributed by atoms with Crippen LogP contribution in [0.15, 0.2) is 30.3 Å². The molecule has 150 valence electrons. The number of esters is 1. The number of imide groups is 2. The molecule has 2 N–H and O–H groups in total. The van der Waals surface area contributed by atoms with Crippen LogP contribution in [0, 0.1) is 0 Å². The van der Waals surface area contributed by atoms with Crippen LogP contribution in [-0.4, -0.2) is 66.8 Å². The van der Waals surface area contributed by atoms with Gasteiger partial charge in [0.05, 0.1) is 0 Å². The number of carbonyl (C=O) groups is 5. The van der Waals surface area contributed by atoms with Crippen molar-refractivity contribution in [3.8, 4) is 0 Å². The molecule has 2 rings (SSSR count). The first-order chi connectivity index (χ1) is 13.3. The molecule has 0 unspecified atom stereocenters. The third-order valence-electron chi connectivity index (χ3n) is 4.05. The summed E-state index contributed by atoms with van der Waals surface area (Å²) in [6.45, 7) is 0.0938. The van der Waals surface area contributed by atoms with Gasteiger partial charge in [-0.1, -0.05) is 30.3 Å². The predicted octanol–water partition coefficient (Wildman–Crippen LogP) is 0.401. The van der Waals surface area contributed by atoms with E-state index in [9.17, 15) is 24.0 Å². The van der Waals surface area contributed by atoms with E-state index in [1.54, 1.807) is 30.3 Å². The van der Waals surface area contributed by atoms with E-state index >= 15 is 0 Å². The molecule has 0 radical (unpaired) electrons. The second-order valence-electron chi connectivity index (χ2n) is 6.14. The summed E-state index contributed by atoms with van der Waals surface area (Å²) in [4.78, 5) is 61.7. The zero-order valence-electron chi connectivity index (χ0n) is 15.6. The number of benzene rings is 1. The van der Waals surface area contributed by atoms with Crippen molar-refractivity contribution in [2.75, 3.05) is 27.2 Å². The van der Waals surface area contributed by atoms with Gasteiger partial charge in [-0.15, -0.1) is 0 Å². The molecule has 10 nitrogen and oxygen atoms in total. The molecule has 1 fully saturated rings. The Balaban J connectivity index is 1.94. The van der Waals surface area contributed by atoms with Crippen LogP contribution in [0.1, 0.15) is 24.5 Å². The maximum atomic E-state index is 12.3. The molecule has 1 aromatic carbocycles. The molecular weight excluding hydrogens is 368 g/mol. The molecule has 1 aliphatic heterocycles. The summed E-state index contributed by atoms with van der Waals surface area (Å²) in [5, 5.41) is 4.33. The minimum absolute atomic E-state index is 0.0129. The van der Waals surface area contributed by atoms with Gasteiger partial charge in [0.25, 0.3) is 5.91 Å². The van der Waals surface area contributed by atoms with E-state index in [4.69, 9.17) is 4.74 Å². The third kappa shape index (κ3) is 5.29. The molecule has 1 heterocycles. The maximum Gasteiger partial charge on any atom is 0.326 e. The van der Waals surface area contributed by atoms with E-state index in [1.165, 1.54) is 19.0 Å². The standard InChI is InChI=1S/C18H22N4O6/c1-19-17(26)20-16(25)15(12-7-4-3-5-8-12)28-14(24)9-6-10-22-13(23)11-21(2)18(22)27/h3-5,7-8,15H,6,9-11H2,1-2H3,(H2,19,20,25,26)/t15-/m1/s1. The Hall–Kier alpha value is -3.43. The lowest BCUT2D eigenvalue weighted by atomic mass is 10.1. The molecule has 28 heavy (non-hydrogen) atoms. The highest BCUT2D eigenvalue weighted by atomic mass is 16.5. The number of carbonyl (C=O) groups excluding carboxylic acids is 5. The predicted molar refractivity (Wildman–Crippen MR) is 96.8 cm³/mol. The van der Waals surface area contributed by atoms with E-state index in [0.29, 0.717) is 5.56 Å². The molecule has 1 atom stereocenters. The molecule has 1 aliphatic rings. The molecule has 0 saturated carbocycles. The lowest BCUT2D eigenvalue weighted by Crippen LogP contribution is -2.41. The Morgan fingerprint density at radius 2 is 1.86 bits per heavy atom. The second-order valence-corrected chi connectivity index (χ2v) is 6.14. The molecule has 6 amide bonds. The molecule has 10 heteroatoms. The SMILES string of the molecule is CNC(=O)NC(=O)[C@H](OC(=O)CCCN1C(=O)CN(C)C1=O)c1ccccc1. The van der Waals surface area contributed by atoms with Crippen LogP contribution < -0.4 is 10.6 Å².